The first kappa shape index (κ1) is 6.33. The third kappa shape index (κ3) is 0.835. The Morgan fingerprint density at radius 1 is 1.40 bits per heavy atom. The van der Waals surface area contributed by atoms with Gasteiger partial charge < -0.3 is 0 Å². The number of nitrogen functional groups attached to an aromatic ring is 1. The van der Waals surface area contributed by atoms with Crippen molar-refractivity contribution >= 4 is 0 Å². The molecule has 0 aromatic carbocycles. The van der Waals surface area contributed by atoms with Gasteiger partial charge in [-0.3, -0.25) is 20.0 Å². The van der Waals surface area contributed by atoms with E-state index < -0.39 is 16.6 Å². The molecule has 0 saturated carbocycles. The molecule has 0 unspecified atom stereocenters. The van der Waals surface area contributed by atoms with E-state index in [1.165, 1.54) is 0 Å². The van der Waals surface area contributed by atoms with Crippen LogP contribution >= 0.6 is 0 Å². The van der Waals surface area contributed by atoms with Gasteiger partial charge in [0, 0.05) is 0 Å². The second-order valence-corrected chi connectivity index (χ2v) is 1.47. The molecule has 54 valence electrons. The van der Waals surface area contributed by atoms with Crippen molar-refractivity contribution in [2.24, 2.45) is 0 Å². The number of nitrogens with zero attached hydrogens (tertiary/aromatic N) is 1. The lowest BCUT2D eigenvalue weighted by atomic mass is 10.7. The minimum absolute atomic E-state index is 0.270. The molecule has 0 fully saturated rings. The number of hydrogen-bond donors (Lipinski definition) is 2. The van der Waals surface area contributed by atoms with Crippen LogP contribution in [0.4, 0.5) is 0 Å². The maximum atomic E-state index is 10.3. The zero-order valence-corrected chi connectivity index (χ0v) is 4.66. The van der Waals surface area contributed by atoms with E-state index in [-0.39, 0.29) is 4.96 Å². The second kappa shape index (κ2) is 1.87. The molecule has 1 aromatic heterocycles. The van der Waals surface area contributed by atoms with Gasteiger partial charge in [-0.1, -0.05) is 0 Å². The van der Waals surface area contributed by atoms with Crippen molar-refractivity contribution in [2.75, 3.05) is 5.84 Å². The van der Waals surface area contributed by atoms with Crippen LogP contribution in [-0.2, 0) is 0 Å². The van der Waals surface area contributed by atoms with Crippen LogP contribution < -0.4 is 22.5 Å². The SMILES string of the molecule is Nn1[nH]c(=O)c(=O)c(=O)o1. The molecule has 7 heteroatoms. The molecule has 10 heavy (non-hydrogen) atoms. The van der Waals surface area contributed by atoms with Crippen molar-refractivity contribution < 1.29 is 4.52 Å². The Balaban J connectivity index is 3.80. The number of H-pyrrole nitrogens is 1. The summed E-state index contributed by atoms with van der Waals surface area (Å²) < 4.78 is 3.96. The quantitative estimate of drug-likeness (QED) is 0.302. The first-order chi connectivity index (χ1) is 4.61. The molecule has 0 spiro atoms. The molecular formula is C3H3N3O4. The average Bonchev–Trinajstić information content (AvgIpc) is 1.82. The normalized spacial score (nSPS) is 9.60. The third-order valence-electron chi connectivity index (χ3n) is 0.785. The van der Waals surface area contributed by atoms with E-state index in [0.29, 0.717) is 0 Å². The van der Waals surface area contributed by atoms with E-state index in [9.17, 15) is 14.4 Å². The zero-order chi connectivity index (χ0) is 7.72. The molecule has 0 aliphatic rings. The van der Waals surface area contributed by atoms with Gasteiger partial charge in [0.2, 0.25) is 0 Å². The number of nitrogens with two attached hydrogens (primary N) is 1. The summed E-state index contributed by atoms with van der Waals surface area (Å²) in [6.07, 6.45) is 0. The number of nitrogens with one attached hydrogen (secondary N) is 1. The summed E-state index contributed by atoms with van der Waals surface area (Å²) in [5, 5.41) is 1.74. The summed E-state index contributed by atoms with van der Waals surface area (Å²) in [5.41, 5.74) is -3.65. The van der Waals surface area contributed by atoms with Crippen LogP contribution in [0.1, 0.15) is 0 Å². The summed E-state index contributed by atoms with van der Waals surface area (Å²) in [5.74, 6) is 4.78. The summed E-state index contributed by atoms with van der Waals surface area (Å²) in [6.45, 7) is 0. The summed E-state index contributed by atoms with van der Waals surface area (Å²) >= 11 is 0. The standard InChI is InChI=1S/C3H3N3O4/c4-6-5-2(8)1(7)3(9)10-6/h4H2,(H,5,8). The van der Waals surface area contributed by atoms with Crippen LogP contribution in [0.25, 0.3) is 0 Å². The van der Waals surface area contributed by atoms with E-state index in [1.54, 1.807) is 5.10 Å². The lowest BCUT2D eigenvalue weighted by Gasteiger charge is -1.89. The monoisotopic (exact) mass is 145 g/mol. The molecular weight excluding hydrogens is 142 g/mol. The van der Waals surface area contributed by atoms with Crippen LogP contribution in [0.15, 0.2) is 18.9 Å². The molecule has 1 heterocycles. The minimum atomic E-state index is -1.29. The molecule has 7 nitrogen and oxygen atoms in total. The first-order valence-corrected chi connectivity index (χ1v) is 2.23. The van der Waals surface area contributed by atoms with E-state index in [2.05, 4.69) is 4.52 Å². The van der Waals surface area contributed by atoms with Crippen LogP contribution in [-0.4, -0.2) is 10.1 Å². The minimum Gasteiger partial charge on any atom is -0.296 e. The van der Waals surface area contributed by atoms with Crippen molar-refractivity contribution in [3.63, 3.8) is 0 Å². The van der Waals surface area contributed by atoms with Gasteiger partial charge in [0.25, 0.3) is 0 Å². The first-order valence-electron chi connectivity index (χ1n) is 2.23. The van der Waals surface area contributed by atoms with Gasteiger partial charge in [-0.2, -0.15) is 0 Å². The van der Waals surface area contributed by atoms with Gasteiger partial charge >= 0.3 is 16.6 Å². The smallest absolute Gasteiger partial charge is 0.296 e. The number of aromatic nitrogens is 2. The lowest BCUT2D eigenvalue weighted by molar-refractivity contribution is 0.233. The van der Waals surface area contributed by atoms with Crippen molar-refractivity contribution in [1.82, 2.24) is 10.1 Å². The van der Waals surface area contributed by atoms with Gasteiger partial charge in [0.05, 0.1) is 0 Å². The maximum absolute atomic E-state index is 10.3. The third-order valence-corrected chi connectivity index (χ3v) is 0.785. The molecule has 0 amide bonds. The fourth-order valence-corrected chi connectivity index (χ4v) is 0.397. The Kier molecular flexibility index (Phi) is 1.18. The molecule has 0 aliphatic heterocycles. The Bertz CT molecular complexity index is 361. The van der Waals surface area contributed by atoms with Gasteiger partial charge in [0.1, 0.15) is 0 Å². The summed E-state index contributed by atoms with van der Waals surface area (Å²) in [7, 11) is 0. The fraction of sp³-hybridized carbons (Fsp3) is 0. The molecule has 0 aliphatic carbocycles. The average molecular weight is 145 g/mol. The predicted octanol–water partition coefficient (Wildman–Crippen LogP) is -2.80. The van der Waals surface area contributed by atoms with Gasteiger partial charge in [-0.05, 0) is 4.96 Å². The molecule has 3 N–H and O–H groups in total. The van der Waals surface area contributed by atoms with Gasteiger partial charge in [0.15, 0.2) is 0 Å². The Hall–Kier alpha value is -1.79. The van der Waals surface area contributed by atoms with E-state index >= 15 is 0 Å². The number of aromatic amines is 1. The van der Waals surface area contributed by atoms with E-state index in [0.717, 1.165) is 0 Å². The van der Waals surface area contributed by atoms with E-state index in [4.69, 9.17) is 5.84 Å². The summed E-state index contributed by atoms with van der Waals surface area (Å²) in [6, 6.07) is 0. The van der Waals surface area contributed by atoms with Crippen LogP contribution in [0.5, 0.6) is 0 Å². The van der Waals surface area contributed by atoms with Crippen molar-refractivity contribution in [2.45, 2.75) is 0 Å². The van der Waals surface area contributed by atoms with E-state index in [1.807, 2.05) is 0 Å². The maximum Gasteiger partial charge on any atom is 0.412 e. The van der Waals surface area contributed by atoms with Gasteiger partial charge in [-0.25, -0.2) is 9.89 Å². The number of rotatable bonds is 0. The van der Waals surface area contributed by atoms with Crippen LogP contribution in [0, 0.1) is 0 Å². The van der Waals surface area contributed by atoms with Gasteiger partial charge in [-0.15, -0.1) is 0 Å². The molecule has 0 bridgehead atoms. The van der Waals surface area contributed by atoms with Crippen LogP contribution in [0.3, 0.4) is 0 Å². The Labute approximate surface area is 52.6 Å². The largest absolute Gasteiger partial charge is 0.412 e. The zero-order valence-electron chi connectivity index (χ0n) is 4.66. The number of hydrogen-bond acceptors (Lipinski definition) is 5. The second-order valence-electron chi connectivity index (χ2n) is 1.47. The highest BCUT2D eigenvalue weighted by Gasteiger charge is 2.00. The van der Waals surface area contributed by atoms with Crippen molar-refractivity contribution in [3.05, 3.63) is 31.0 Å². The topological polar surface area (TPSA) is 111 Å². The highest BCUT2D eigenvalue weighted by atomic mass is 16.6. The Morgan fingerprint density at radius 3 is 2.50 bits per heavy atom. The van der Waals surface area contributed by atoms with Crippen LogP contribution in [0.2, 0.25) is 0 Å². The van der Waals surface area contributed by atoms with Crippen molar-refractivity contribution in [1.29, 1.82) is 0 Å². The molecule has 1 rings (SSSR count). The molecule has 1 aromatic rings. The predicted molar refractivity (Wildman–Crippen MR) is 30.0 cm³/mol. The molecule has 0 saturated heterocycles. The van der Waals surface area contributed by atoms with Crippen molar-refractivity contribution in [3.8, 4) is 0 Å². The fourth-order valence-electron chi connectivity index (χ4n) is 0.397. The molecule has 0 atom stereocenters. The highest BCUT2D eigenvalue weighted by Crippen LogP contribution is 1.48. The highest BCUT2D eigenvalue weighted by molar-refractivity contribution is 4.76. The lowest BCUT2D eigenvalue weighted by Crippen LogP contribution is -2.43. The summed E-state index contributed by atoms with van der Waals surface area (Å²) in [4.78, 5) is 31.2. The molecule has 0 radical (unpaired) electrons. The Morgan fingerprint density at radius 2 is 2.00 bits per heavy atom.